The van der Waals surface area contributed by atoms with Crippen LogP contribution in [-0.2, 0) is 23.2 Å². The van der Waals surface area contributed by atoms with Crippen LogP contribution in [0.25, 0.3) is 0 Å². The van der Waals surface area contributed by atoms with Gasteiger partial charge >= 0.3 is 0 Å². The SMILES string of the molecule is Cc1cc(CN2C(=O)C(C)(C)c3cc4c(cc32)CC2CCC2C(N)=N4)on1. The summed E-state index contributed by atoms with van der Waals surface area (Å²) in [5, 5.41) is 3.95. The molecule has 27 heavy (non-hydrogen) atoms. The molecule has 2 aromatic rings. The number of aliphatic imine (C=N–C) groups is 1. The lowest BCUT2D eigenvalue weighted by molar-refractivity contribution is -0.122. The Morgan fingerprint density at radius 2 is 2.11 bits per heavy atom. The first kappa shape index (κ1) is 16.5. The van der Waals surface area contributed by atoms with Gasteiger partial charge in [-0.2, -0.15) is 0 Å². The van der Waals surface area contributed by atoms with Crippen molar-refractivity contribution >= 4 is 23.1 Å². The molecule has 1 fully saturated rings. The first-order chi connectivity index (χ1) is 12.8. The minimum Gasteiger partial charge on any atom is -0.387 e. The van der Waals surface area contributed by atoms with E-state index in [2.05, 4.69) is 17.3 Å². The summed E-state index contributed by atoms with van der Waals surface area (Å²) in [6.45, 7) is 6.22. The lowest BCUT2D eigenvalue weighted by Gasteiger charge is -2.34. The van der Waals surface area contributed by atoms with E-state index in [1.165, 1.54) is 12.0 Å². The molecule has 3 aliphatic rings. The van der Waals surface area contributed by atoms with E-state index in [0.29, 0.717) is 24.1 Å². The molecule has 1 aromatic heterocycles. The fraction of sp³-hybridized carbons (Fsp3) is 0.476. The first-order valence-electron chi connectivity index (χ1n) is 9.60. The van der Waals surface area contributed by atoms with Gasteiger partial charge in [0, 0.05) is 17.7 Å². The lowest BCUT2D eigenvalue weighted by Crippen LogP contribution is -2.37. The van der Waals surface area contributed by atoms with Gasteiger partial charge < -0.3 is 15.2 Å². The molecular formula is C21H24N4O2. The fourth-order valence-electron chi connectivity index (χ4n) is 4.68. The smallest absolute Gasteiger partial charge is 0.237 e. The fourth-order valence-corrected chi connectivity index (χ4v) is 4.68. The van der Waals surface area contributed by atoms with E-state index in [0.717, 1.165) is 41.3 Å². The summed E-state index contributed by atoms with van der Waals surface area (Å²) in [6, 6.07) is 6.11. The topological polar surface area (TPSA) is 84.7 Å². The summed E-state index contributed by atoms with van der Waals surface area (Å²) in [6.07, 6.45) is 3.30. The molecular weight excluding hydrogens is 340 g/mol. The number of amidine groups is 1. The third-order valence-electron chi connectivity index (χ3n) is 6.46. The van der Waals surface area contributed by atoms with Gasteiger partial charge in [-0.25, -0.2) is 4.99 Å². The molecule has 6 nitrogen and oxygen atoms in total. The maximum Gasteiger partial charge on any atom is 0.237 e. The molecule has 0 spiro atoms. The minimum absolute atomic E-state index is 0.0742. The first-order valence-corrected chi connectivity index (χ1v) is 9.60. The quantitative estimate of drug-likeness (QED) is 0.885. The van der Waals surface area contributed by atoms with Crippen LogP contribution >= 0.6 is 0 Å². The van der Waals surface area contributed by atoms with Gasteiger partial charge in [-0.05, 0) is 69.2 Å². The van der Waals surface area contributed by atoms with E-state index in [9.17, 15) is 4.79 Å². The van der Waals surface area contributed by atoms with Crippen LogP contribution in [0.3, 0.4) is 0 Å². The molecule has 0 bridgehead atoms. The van der Waals surface area contributed by atoms with Crippen molar-refractivity contribution in [1.82, 2.24) is 5.16 Å². The van der Waals surface area contributed by atoms with Crippen molar-refractivity contribution in [2.45, 2.75) is 52.0 Å². The monoisotopic (exact) mass is 364 g/mol. The molecule has 1 aliphatic carbocycles. The van der Waals surface area contributed by atoms with Gasteiger partial charge in [-0.1, -0.05) is 5.16 Å². The van der Waals surface area contributed by atoms with Crippen molar-refractivity contribution in [2.24, 2.45) is 22.6 Å². The highest BCUT2D eigenvalue weighted by atomic mass is 16.5. The Morgan fingerprint density at radius 1 is 1.30 bits per heavy atom. The summed E-state index contributed by atoms with van der Waals surface area (Å²) in [5.74, 6) is 2.51. The number of carbonyl (C=O) groups is 1. The van der Waals surface area contributed by atoms with E-state index in [4.69, 9.17) is 15.2 Å². The predicted octanol–water partition coefficient (Wildman–Crippen LogP) is 3.38. The third kappa shape index (κ3) is 2.35. The Morgan fingerprint density at radius 3 is 2.78 bits per heavy atom. The third-order valence-corrected chi connectivity index (χ3v) is 6.46. The summed E-state index contributed by atoms with van der Waals surface area (Å²) >= 11 is 0. The number of fused-ring (bicyclic) bond motifs is 3. The molecule has 3 heterocycles. The van der Waals surface area contributed by atoms with Crippen molar-refractivity contribution in [3.05, 3.63) is 40.8 Å². The number of benzene rings is 1. The van der Waals surface area contributed by atoms with E-state index in [-0.39, 0.29) is 5.91 Å². The highest BCUT2D eigenvalue weighted by Crippen LogP contribution is 2.48. The van der Waals surface area contributed by atoms with Gasteiger partial charge in [0.2, 0.25) is 5.91 Å². The van der Waals surface area contributed by atoms with Gasteiger partial charge in [-0.15, -0.1) is 0 Å². The van der Waals surface area contributed by atoms with Gasteiger partial charge in [0.1, 0.15) is 5.84 Å². The van der Waals surface area contributed by atoms with Crippen molar-refractivity contribution < 1.29 is 9.32 Å². The molecule has 6 heteroatoms. The van der Waals surface area contributed by atoms with E-state index in [1.807, 2.05) is 31.7 Å². The summed E-state index contributed by atoms with van der Waals surface area (Å²) in [5.41, 5.74) is 10.6. The normalized spacial score (nSPS) is 25.2. The highest BCUT2D eigenvalue weighted by molar-refractivity contribution is 6.08. The average Bonchev–Trinajstić information content (AvgIpc) is 3.04. The zero-order chi connectivity index (χ0) is 18.9. The molecule has 0 radical (unpaired) electrons. The van der Waals surface area contributed by atoms with Crippen molar-refractivity contribution in [3.63, 3.8) is 0 Å². The van der Waals surface area contributed by atoms with Crippen LogP contribution in [0.4, 0.5) is 11.4 Å². The Hall–Kier alpha value is -2.63. The van der Waals surface area contributed by atoms with Crippen LogP contribution in [0, 0.1) is 18.8 Å². The lowest BCUT2D eigenvalue weighted by atomic mass is 9.70. The zero-order valence-electron chi connectivity index (χ0n) is 16.0. The molecule has 2 atom stereocenters. The van der Waals surface area contributed by atoms with E-state index >= 15 is 0 Å². The highest BCUT2D eigenvalue weighted by Gasteiger charge is 2.45. The number of aromatic nitrogens is 1. The standard InChI is InChI=1S/C21H24N4O2/c1-11-6-14(27-24-11)10-25-18-8-13-7-12-4-5-15(12)19(22)23-17(13)9-16(18)21(2,3)20(25)26/h6,8-9,12,15H,4-5,7,10H2,1-3H3,(H2,22,23). The van der Waals surface area contributed by atoms with Crippen LogP contribution in [-0.4, -0.2) is 16.9 Å². The molecule has 1 amide bonds. The van der Waals surface area contributed by atoms with Crippen LogP contribution in [0.15, 0.2) is 27.7 Å². The van der Waals surface area contributed by atoms with Gasteiger partial charge in [0.25, 0.3) is 0 Å². The summed E-state index contributed by atoms with van der Waals surface area (Å²) in [7, 11) is 0. The molecule has 140 valence electrons. The molecule has 2 aliphatic heterocycles. The molecule has 5 rings (SSSR count). The van der Waals surface area contributed by atoms with Crippen molar-refractivity contribution in [2.75, 3.05) is 4.90 Å². The maximum atomic E-state index is 13.2. The van der Waals surface area contributed by atoms with Crippen LogP contribution in [0.5, 0.6) is 0 Å². The largest absolute Gasteiger partial charge is 0.387 e. The van der Waals surface area contributed by atoms with Crippen LogP contribution in [0.2, 0.25) is 0 Å². The second-order valence-corrected chi connectivity index (χ2v) is 8.63. The van der Waals surface area contributed by atoms with Gasteiger partial charge in [0.15, 0.2) is 5.76 Å². The Bertz CT molecular complexity index is 988. The predicted molar refractivity (Wildman–Crippen MR) is 103 cm³/mol. The van der Waals surface area contributed by atoms with Gasteiger partial charge in [0.05, 0.1) is 23.3 Å². The van der Waals surface area contributed by atoms with E-state index in [1.54, 1.807) is 0 Å². The molecule has 0 saturated heterocycles. The molecule has 1 aromatic carbocycles. The number of anilines is 1. The number of carbonyl (C=O) groups excluding carboxylic acids is 1. The number of amides is 1. The second kappa shape index (κ2) is 5.44. The summed E-state index contributed by atoms with van der Waals surface area (Å²) < 4.78 is 5.36. The number of aryl methyl sites for hydroxylation is 1. The summed E-state index contributed by atoms with van der Waals surface area (Å²) in [4.78, 5) is 19.7. The Kier molecular flexibility index (Phi) is 3.33. The molecule has 1 saturated carbocycles. The average molecular weight is 364 g/mol. The minimum atomic E-state index is -0.602. The van der Waals surface area contributed by atoms with Crippen LogP contribution in [0.1, 0.15) is 49.3 Å². The zero-order valence-corrected chi connectivity index (χ0v) is 16.0. The Balaban J connectivity index is 1.61. The van der Waals surface area contributed by atoms with Crippen molar-refractivity contribution in [1.29, 1.82) is 0 Å². The number of nitrogens with zero attached hydrogens (tertiary/aromatic N) is 3. The number of rotatable bonds is 2. The Labute approximate surface area is 158 Å². The van der Waals surface area contributed by atoms with E-state index < -0.39 is 5.41 Å². The van der Waals surface area contributed by atoms with Crippen molar-refractivity contribution in [3.8, 4) is 0 Å². The second-order valence-electron chi connectivity index (χ2n) is 8.63. The molecule has 2 unspecified atom stereocenters. The molecule has 2 N–H and O–H groups in total. The number of hydrogen-bond donors (Lipinski definition) is 1. The maximum absolute atomic E-state index is 13.2. The van der Waals surface area contributed by atoms with Crippen LogP contribution < -0.4 is 10.6 Å². The van der Waals surface area contributed by atoms with Gasteiger partial charge in [-0.3, -0.25) is 4.79 Å². The number of nitrogens with two attached hydrogens (primary N) is 1. The number of hydrogen-bond acceptors (Lipinski definition) is 5.